The SMILES string of the molecule is CCC(C)(CC)NS(=O)(=O)c1cc([N+](=O)[O-])ccc1NC. The van der Waals surface area contributed by atoms with E-state index in [1.54, 1.807) is 14.0 Å². The predicted molar refractivity (Wildman–Crippen MR) is 82.0 cm³/mol. The highest BCUT2D eigenvalue weighted by atomic mass is 32.2. The number of hydrogen-bond acceptors (Lipinski definition) is 5. The van der Waals surface area contributed by atoms with Crippen molar-refractivity contribution in [1.29, 1.82) is 0 Å². The van der Waals surface area contributed by atoms with Gasteiger partial charge in [-0.1, -0.05) is 13.8 Å². The highest BCUT2D eigenvalue weighted by Crippen LogP contribution is 2.28. The number of nitrogens with one attached hydrogen (secondary N) is 2. The molecule has 0 amide bonds. The third kappa shape index (κ3) is 3.92. The molecule has 0 saturated heterocycles. The molecule has 0 unspecified atom stereocenters. The molecule has 0 aliphatic carbocycles. The number of hydrogen-bond donors (Lipinski definition) is 2. The quantitative estimate of drug-likeness (QED) is 0.594. The van der Waals surface area contributed by atoms with Crippen molar-refractivity contribution in [1.82, 2.24) is 4.72 Å². The zero-order valence-corrected chi connectivity index (χ0v) is 13.5. The molecule has 1 rings (SSSR count). The Morgan fingerprint density at radius 1 is 1.29 bits per heavy atom. The van der Waals surface area contributed by atoms with Crippen molar-refractivity contribution >= 4 is 21.4 Å². The first-order valence-electron chi connectivity index (χ1n) is 6.69. The Hall–Kier alpha value is -1.67. The van der Waals surface area contributed by atoms with Gasteiger partial charge in [-0.05, 0) is 25.8 Å². The Kier molecular flexibility index (Phi) is 5.30. The summed E-state index contributed by atoms with van der Waals surface area (Å²) < 4.78 is 27.7. The number of anilines is 1. The van der Waals surface area contributed by atoms with Gasteiger partial charge < -0.3 is 5.32 Å². The van der Waals surface area contributed by atoms with Gasteiger partial charge in [-0.15, -0.1) is 0 Å². The minimum absolute atomic E-state index is 0.118. The van der Waals surface area contributed by atoms with E-state index in [1.165, 1.54) is 12.1 Å². The molecule has 0 spiro atoms. The number of nitrogens with zero attached hydrogens (tertiary/aromatic N) is 1. The lowest BCUT2D eigenvalue weighted by Crippen LogP contribution is -2.44. The van der Waals surface area contributed by atoms with Gasteiger partial charge in [0.2, 0.25) is 10.0 Å². The molecular weight excluding hydrogens is 294 g/mol. The summed E-state index contributed by atoms with van der Waals surface area (Å²) in [6, 6.07) is 3.73. The maximum atomic E-state index is 12.5. The molecule has 0 atom stereocenters. The van der Waals surface area contributed by atoms with Gasteiger partial charge in [-0.3, -0.25) is 10.1 Å². The highest BCUT2D eigenvalue weighted by molar-refractivity contribution is 7.89. The number of benzene rings is 1. The topological polar surface area (TPSA) is 101 Å². The second-order valence-electron chi connectivity index (χ2n) is 5.06. The van der Waals surface area contributed by atoms with Crippen molar-refractivity contribution in [2.24, 2.45) is 0 Å². The summed E-state index contributed by atoms with van der Waals surface area (Å²) in [4.78, 5) is 10.1. The van der Waals surface area contributed by atoms with E-state index in [0.29, 0.717) is 18.5 Å². The Morgan fingerprint density at radius 2 is 1.86 bits per heavy atom. The third-order valence-corrected chi connectivity index (χ3v) is 5.35. The maximum absolute atomic E-state index is 12.5. The largest absolute Gasteiger partial charge is 0.387 e. The van der Waals surface area contributed by atoms with Gasteiger partial charge in [0.15, 0.2) is 0 Å². The molecule has 0 saturated carbocycles. The summed E-state index contributed by atoms with van der Waals surface area (Å²) in [7, 11) is -2.29. The van der Waals surface area contributed by atoms with Crippen molar-refractivity contribution in [3.63, 3.8) is 0 Å². The van der Waals surface area contributed by atoms with Crippen LogP contribution in [0.15, 0.2) is 23.1 Å². The van der Waals surface area contributed by atoms with Gasteiger partial charge in [-0.2, -0.15) is 0 Å². The zero-order chi connectivity index (χ0) is 16.3. The second kappa shape index (κ2) is 6.40. The van der Waals surface area contributed by atoms with Crippen LogP contribution in [0.25, 0.3) is 0 Å². The molecule has 0 aliphatic heterocycles. The number of non-ortho nitro benzene ring substituents is 1. The van der Waals surface area contributed by atoms with Crippen LogP contribution in [0.1, 0.15) is 33.6 Å². The van der Waals surface area contributed by atoms with Crippen molar-refractivity contribution < 1.29 is 13.3 Å². The summed E-state index contributed by atoms with van der Waals surface area (Å²) >= 11 is 0. The van der Waals surface area contributed by atoms with Crippen LogP contribution < -0.4 is 10.0 Å². The Morgan fingerprint density at radius 3 is 2.29 bits per heavy atom. The summed E-state index contributed by atoms with van der Waals surface area (Å²) in [5.74, 6) is 0. The van der Waals surface area contributed by atoms with Crippen LogP contribution >= 0.6 is 0 Å². The van der Waals surface area contributed by atoms with Gasteiger partial charge >= 0.3 is 0 Å². The Labute approximate surface area is 124 Å². The summed E-state index contributed by atoms with van der Waals surface area (Å²) in [6.07, 6.45) is 1.24. The Bertz CT molecular complexity index is 624. The molecule has 2 N–H and O–H groups in total. The molecule has 1 aromatic rings. The standard InChI is InChI=1S/C13H21N3O4S/c1-5-13(3,6-2)15-21(19,20)12-9-10(16(17)18)7-8-11(12)14-4/h7-9,14-15H,5-6H2,1-4H3. The van der Waals surface area contributed by atoms with E-state index in [9.17, 15) is 18.5 Å². The number of nitro groups is 1. The third-order valence-electron chi connectivity index (χ3n) is 3.68. The zero-order valence-electron chi connectivity index (χ0n) is 12.6. The van der Waals surface area contributed by atoms with Crippen molar-refractivity contribution in [2.75, 3.05) is 12.4 Å². The summed E-state index contributed by atoms with van der Waals surface area (Å²) in [5, 5.41) is 13.6. The molecule has 8 heteroatoms. The first-order valence-corrected chi connectivity index (χ1v) is 8.17. The average Bonchev–Trinajstić information content (AvgIpc) is 2.45. The van der Waals surface area contributed by atoms with Crippen LogP contribution in [-0.2, 0) is 10.0 Å². The van der Waals surface area contributed by atoms with Gasteiger partial charge in [0, 0.05) is 24.7 Å². The minimum Gasteiger partial charge on any atom is -0.387 e. The molecule has 0 fully saturated rings. The molecule has 7 nitrogen and oxygen atoms in total. The van der Waals surface area contributed by atoms with E-state index in [2.05, 4.69) is 10.0 Å². The molecule has 21 heavy (non-hydrogen) atoms. The van der Waals surface area contributed by atoms with Gasteiger partial charge in [0.25, 0.3) is 5.69 Å². The molecular formula is C13H21N3O4S. The van der Waals surface area contributed by atoms with Crippen LogP contribution in [0, 0.1) is 10.1 Å². The number of nitro benzene ring substituents is 1. The molecule has 118 valence electrons. The fraction of sp³-hybridized carbons (Fsp3) is 0.538. The molecule has 1 aromatic carbocycles. The normalized spacial score (nSPS) is 12.2. The number of rotatable bonds is 7. The molecule has 0 aromatic heterocycles. The fourth-order valence-electron chi connectivity index (χ4n) is 1.83. The number of sulfonamides is 1. The average molecular weight is 315 g/mol. The van der Waals surface area contributed by atoms with E-state index in [4.69, 9.17) is 0 Å². The van der Waals surface area contributed by atoms with E-state index in [0.717, 1.165) is 6.07 Å². The van der Waals surface area contributed by atoms with Gasteiger partial charge in [0.1, 0.15) is 4.90 Å². The van der Waals surface area contributed by atoms with Crippen LogP contribution in [-0.4, -0.2) is 25.9 Å². The first kappa shape index (κ1) is 17.4. The van der Waals surface area contributed by atoms with Crippen LogP contribution in [0.4, 0.5) is 11.4 Å². The fourth-order valence-corrected chi connectivity index (χ4v) is 3.61. The molecule has 0 bridgehead atoms. The lowest BCUT2D eigenvalue weighted by molar-refractivity contribution is -0.385. The van der Waals surface area contributed by atoms with Crippen LogP contribution in [0.5, 0.6) is 0 Å². The van der Waals surface area contributed by atoms with Crippen molar-refractivity contribution in [3.05, 3.63) is 28.3 Å². The molecule has 0 radical (unpaired) electrons. The van der Waals surface area contributed by atoms with Gasteiger partial charge in [0.05, 0.1) is 10.6 Å². The lowest BCUT2D eigenvalue weighted by Gasteiger charge is -2.28. The maximum Gasteiger partial charge on any atom is 0.270 e. The van der Waals surface area contributed by atoms with Crippen molar-refractivity contribution in [3.8, 4) is 0 Å². The second-order valence-corrected chi connectivity index (χ2v) is 6.71. The smallest absolute Gasteiger partial charge is 0.270 e. The van der Waals surface area contributed by atoms with Crippen LogP contribution in [0.3, 0.4) is 0 Å². The van der Waals surface area contributed by atoms with E-state index in [-0.39, 0.29) is 10.6 Å². The van der Waals surface area contributed by atoms with Gasteiger partial charge in [-0.25, -0.2) is 13.1 Å². The summed E-state index contributed by atoms with van der Waals surface area (Å²) in [6.45, 7) is 5.58. The van der Waals surface area contributed by atoms with Crippen LogP contribution in [0.2, 0.25) is 0 Å². The highest BCUT2D eigenvalue weighted by Gasteiger charge is 2.30. The minimum atomic E-state index is -3.86. The van der Waals surface area contributed by atoms with Crippen molar-refractivity contribution in [2.45, 2.75) is 44.0 Å². The molecule has 0 heterocycles. The molecule has 0 aliphatic rings. The van der Waals surface area contributed by atoms with E-state index >= 15 is 0 Å². The monoisotopic (exact) mass is 315 g/mol. The Balaban J connectivity index is 3.36. The first-order chi connectivity index (χ1) is 9.69. The van der Waals surface area contributed by atoms with E-state index in [1.807, 2.05) is 13.8 Å². The van der Waals surface area contributed by atoms with E-state index < -0.39 is 20.5 Å². The summed E-state index contributed by atoms with van der Waals surface area (Å²) in [5.41, 5.74) is -0.527. The predicted octanol–water partition coefficient (Wildman–Crippen LogP) is 2.49. The lowest BCUT2D eigenvalue weighted by atomic mass is 9.98.